The Morgan fingerprint density at radius 3 is 2.53 bits per heavy atom. The summed E-state index contributed by atoms with van der Waals surface area (Å²) in [4.78, 5) is 11.2. The van der Waals surface area contributed by atoms with E-state index in [9.17, 15) is 9.18 Å². The van der Waals surface area contributed by atoms with Crippen molar-refractivity contribution in [1.82, 2.24) is 0 Å². The summed E-state index contributed by atoms with van der Waals surface area (Å²) in [5, 5.41) is 8.52. The molecule has 5 heteroatoms. The first-order valence-electron chi connectivity index (χ1n) is 4.18. The number of halogens is 1. The normalized spacial score (nSPS) is 12.0. The predicted molar refractivity (Wildman–Crippen MR) is 51.0 cm³/mol. The molecule has 0 saturated heterocycles. The Morgan fingerprint density at radius 1 is 1.40 bits per heavy atom. The molecule has 0 saturated carbocycles. The molecule has 1 unspecified atom stereocenters. The molecular weight excluding hydrogens is 203 g/mol. The zero-order valence-corrected chi connectivity index (χ0v) is 8.36. The monoisotopic (exact) mass is 214 g/mol. The van der Waals surface area contributed by atoms with Gasteiger partial charge in [-0.05, 0) is 12.1 Å². The maximum Gasteiger partial charge on any atom is 0.260 e. The molecule has 0 amide bonds. The number of methoxy groups -OCH3 is 2. The first-order chi connectivity index (χ1) is 7.10. The van der Waals surface area contributed by atoms with Crippen LogP contribution in [0.5, 0.6) is 11.5 Å². The third-order valence-electron chi connectivity index (χ3n) is 1.89. The van der Waals surface area contributed by atoms with Crippen LogP contribution in [0, 0.1) is 0 Å². The van der Waals surface area contributed by atoms with E-state index in [0.29, 0.717) is 5.75 Å². The highest BCUT2D eigenvalue weighted by atomic mass is 19.1. The fourth-order valence-corrected chi connectivity index (χ4v) is 1.13. The molecular formula is C10H11FO4. The van der Waals surface area contributed by atoms with E-state index in [1.807, 2.05) is 0 Å². The Balaban J connectivity index is 3.13. The fraction of sp³-hybridized carbons (Fsp3) is 0.300. The molecule has 0 aromatic heterocycles. The lowest BCUT2D eigenvalue weighted by Crippen LogP contribution is -2.15. The van der Waals surface area contributed by atoms with Crippen molar-refractivity contribution in [3.8, 4) is 11.5 Å². The number of Topliss-reactive ketones (excluding diaryl/α,β-unsaturated/α-hetero) is 1. The molecule has 0 radical (unpaired) electrons. The van der Waals surface area contributed by atoms with Crippen LogP contribution < -0.4 is 9.47 Å². The van der Waals surface area contributed by atoms with Gasteiger partial charge in [0.15, 0.2) is 0 Å². The molecule has 15 heavy (non-hydrogen) atoms. The van der Waals surface area contributed by atoms with E-state index in [4.69, 9.17) is 14.6 Å². The molecule has 1 N–H and O–H groups in total. The summed E-state index contributed by atoms with van der Waals surface area (Å²) in [5.74, 6) is -0.387. The highest BCUT2D eigenvalue weighted by Gasteiger charge is 2.20. The van der Waals surface area contributed by atoms with E-state index in [1.165, 1.54) is 32.4 Å². The Morgan fingerprint density at radius 2 is 2.07 bits per heavy atom. The van der Waals surface area contributed by atoms with Gasteiger partial charge in [-0.1, -0.05) is 0 Å². The van der Waals surface area contributed by atoms with Crippen molar-refractivity contribution in [2.75, 3.05) is 14.2 Å². The number of alkyl halides is 1. The van der Waals surface area contributed by atoms with Gasteiger partial charge in [-0.3, -0.25) is 4.79 Å². The van der Waals surface area contributed by atoms with E-state index < -0.39 is 12.1 Å². The number of carbonyl (C=O) groups is 1. The minimum Gasteiger partial charge on any atom is -0.497 e. The minimum atomic E-state index is -2.53. The van der Waals surface area contributed by atoms with Crippen molar-refractivity contribution in [1.29, 1.82) is 0 Å². The van der Waals surface area contributed by atoms with E-state index in [2.05, 4.69) is 0 Å². The van der Waals surface area contributed by atoms with Crippen molar-refractivity contribution in [2.24, 2.45) is 0 Å². The van der Waals surface area contributed by atoms with Crippen LogP contribution in [-0.2, 0) is 0 Å². The van der Waals surface area contributed by atoms with Crippen LogP contribution in [-0.4, -0.2) is 31.5 Å². The lowest BCUT2D eigenvalue weighted by molar-refractivity contribution is 0.0330. The van der Waals surface area contributed by atoms with Crippen LogP contribution in [0.15, 0.2) is 18.2 Å². The number of benzene rings is 1. The molecule has 1 rings (SSSR count). The van der Waals surface area contributed by atoms with Crippen molar-refractivity contribution in [3.63, 3.8) is 0 Å². The summed E-state index contributed by atoms with van der Waals surface area (Å²) < 4.78 is 22.2. The van der Waals surface area contributed by atoms with E-state index in [0.717, 1.165) is 0 Å². The average Bonchev–Trinajstić information content (AvgIpc) is 2.27. The second-order valence-corrected chi connectivity index (χ2v) is 2.77. The number of hydrogen-bond acceptors (Lipinski definition) is 4. The SMILES string of the molecule is COc1ccc(C(=O)C(O)F)c(OC)c1. The molecule has 1 aromatic rings. The third kappa shape index (κ3) is 2.44. The highest BCUT2D eigenvalue weighted by Crippen LogP contribution is 2.25. The summed E-state index contributed by atoms with van der Waals surface area (Å²) in [5.41, 5.74) is -0.0201. The van der Waals surface area contributed by atoms with Gasteiger partial charge in [0, 0.05) is 6.07 Å². The van der Waals surface area contributed by atoms with Gasteiger partial charge in [0.25, 0.3) is 6.36 Å². The van der Waals surface area contributed by atoms with Crippen LogP contribution in [0.3, 0.4) is 0 Å². The number of rotatable bonds is 4. The number of carbonyl (C=O) groups excluding carboxylic acids is 1. The first kappa shape index (κ1) is 11.5. The molecule has 0 heterocycles. The molecule has 0 aliphatic carbocycles. The lowest BCUT2D eigenvalue weighted by atomic mass is 10.1. The first-order valence-corrected chi connectivity index (χ1v) is 4.18. The van der Waals surface area contributed by atoms with Crippen LogP contribution in [0.2, 0.25) is 0 Å². The topological polar surface area (TPSA) is 55.8 Å². The van der Waals surface area contributed by atoms with E-state index in [-0.39, 0.29) is 11.3 Å². The van der Waals surface area contributed by atoms with Gasteiger partial charge in [0.2, 0.25) is 5.78 Å². The second kappa shape index (κ2) is 4.75. The number of aliphatic hydroxyl groups is 1. The molecule has 0 fully saturated rings. The van der Waals surface area contributed by atoms with Crippen molar-refractivity contribution < 1.29 is 23.8 Å². The second-order valence-electron chi connectivity index (χ2n) is 2.77. The zero-order valence-electron chi connectivity index (χ0n) is 8.36. The van der Waals surface area contributed by atoms with Crippen LogP contribution in [0.1, 0.15) is 10.4 Å². The number of hydrogen-bond donors (Lipinski definition) is 1. The average molecular weight is 214 g/mol. The van der Waals surface area contributed by atoms with Gasteiger partial charge in [0.1, 0.15) is 11.5 Å². The zero-order chi connectivity index (χ0) is 11.4. The Hall–Kier alpha value is -1.62. The molecule has 0 bridgehead atoms. The predicted octanol–water partition coefficient (Wildman–Crippen LogP) is 1.17. The summed E-state index contributed by atoms with van der Waals surface area (Å²) in [6.45, 7) is 0. The summed E-state index contributed by atoms with van der Waals surface area (Å²) in [7, 11) is 2.80. The number of ketones is 1. The number of ether oxygens (including phenoxy) is 2. The summed E-state index contributed by atoms with van der Waals surface area (Å²) in [6, 6.07) is 4.26. The van der Waals surface area contributed by atoms with E-state index in [1.54, 1.807) is 0 Å². The molecule has 4 nitrogen and oxygen atoms in total. The fourth-order valence-electron chi connectivity index (χ4n) is 1.13. The molecule has 82 valence electrons. The van der Waals surface area contributed by atoms with Gasteiger partial charge in [-0.2, -0.15) is 0 Å². The highest BCUT2D eigenvalue weighted by molar-refractivity contribution is 6.00. The van der Waals surface area contributed by atoms with Gasteiger partial charge >= 0.3 is 0 Å². The van der Waals surface area contributed by atoms with Crippen molar-refractivity contribution in [2.45, 2.75) is 6.36 Å². The standard InChI is InChI=1S/C10H11FO4/c1-14-6-3-4-7(8(5-6)15-2)9(12)10(11)13/h3-5,10,13H,1-2H3. The lowest BCUT2D eigenvalue weighted by Gasteiger charge is -2.09. The van der Waals surface area contributed by atoms with Crippen LogP contribution in [0.4, 0.5) is 4.39 Å². The molecule has 0 aliphatic heterocycles. The van der Waals surface area contributed by atoms with E-state index >= 15 is 0 Å². The van der Waals surface area contributed by atoms with Crippen molar-refractivity contribution >= 4 is 5.78 Å². The molecule has 1 aromatic carbocycles. The molecule has 0 aliphatic rings. The summed E-state index contributed by atoms with van der Waals surface area (Å²) in [6.07, 6.45) is -2.53. The van der Waals surface area contributed by atoms with Crippen LogP contribution in [0.25, 0.3) is 0 Å². The Kier molecular flexibility index (Phi) is 3.62. The third-order valence-corrected chi connectivity index (χ3v) is 1.89. The van der Waals surface area contributed by atoms with Gasteiger partial charge < -0.3 is 14.6 Å². The Bertz CT molecular complexity index is 362. The minimum absolute atomic E-state index is 0.0201. The van der Waals surface area contributed by atoms with Crippen molar-refractivity contribution in [3.05, 3.63) is 23.8 Å². The smallest absolute Gasteiger partial charge is 0.260 e. The van der Waals surface area contributed by atoms with Gasteiger partial charge in [-0.15, -0.1) is 0 Å². The molecule has 0 spiro atoms. The van der Waals surface area contributed by atoms with Crippen LogP contribution >= 0.6 is 0 Å². The molecule has 1 atom stereocenters. The maximum atomic E-state index is 12.4. The number of aliphatic hydroxyl groups excluding tert-OH is 1. The maximum absolute atomic E-state index is 12.4. The quantitative estimate of drug-likeness (QED) is 0.764. The largest absolute Gasteiger partial charge is 0.497 e. The van der Waals surface area contributed by atoms with Gasteiger partial charge in [-0.25, -0.2) is 4.39 Å². The summed E-state index contributed by atoms with van der Waals surface area (Å²) >= 11 is 0. The Labute approximate surface area is 86.2 Å². The van der Waals surface area contributed by atoms with Gasteiger partial charge in [0.05, 0.1) is 19.8 Å².